The Morgan fingerprint density at radius 2 is 1.34 bits per heavy atom. The zero-order valence-electron chi connectivity index (χ0n) is 30.6. The second kappa shape index (κ2) is 13.5. The molecule has 2 nitrogen and oxygen atoms in total. The van der Waals surface area contributed by atoms with E-state index in [2.05, 4.69) is 181 Å². The largest absolute Gasteiger partial charge is 0.455 e. The summed E-state index contributed by atoms with van der Waals surface area (Å²) in [6, 6.07) is 56.8. The number of anilines is 2. The van der Waals surface area contributed by atoms with Gasteiger partial charge >= 0.3 is 0 Å². The van der Waals surface area contributed by atoms with E-state index >= 15 is 0 Å². The molecule has 11 rings (SSSR count). The smallest absolute Gasteiger partial charge is 0.143 e. The molecule has 0 saturated carbocycles. The minimum atomic E-state index is 0.680. The summed E-state index contributed by atoms with van der Waals surface area (Å²) in [6.45, 7) is 0. The second-order valence-electron chi connectivity index (χ2n) is 14.6. The predicted molar refractivity (Wildman–Crippen MR) is 238 cm³/mol. The van der Waals surface area contributed by atoms with Crippen molar-refractivity contribution in [2.45, 2.75) is 19.3 Å². The number of benzene rings is 7. The monoisotopic (exact) mass is 733 g/mol. The molecule has 2 aromatic heterocycles. The van der Waals surface area contributed by atoms with Crippen molar-refractivity contribution in [1.29, 1.82) is 0 Å². The van der Waals surface area contributed by atoms with E-state index in [1.165, 1.54) is 48.1 Å². The molecule has 0 N–H and O–H groups in total. The highest BCUT2D eigenvalue weighted by Gasteiger charge is 2.23. The highest BCUT2D eigenvalue weighted by molar-refractivity contribution is 7.25. The topological polar surface area (TPSA) is 16.4 Å². The fraction of sp³-hybridized carbons (Fsp3) is 0.0566. The minimum absolute atomic E-state index is 0.680. The number of nitrogens with zero attached hydrogens (tertiary/aromatic N) is 1. The van der Waals surface area contributed by atoms with Gasteiger partial charge in [-0.3, -0.25) is 0 Å². The standard InChI is InChI=1S/C53H35NOS/c1-2-13-37-32-40(16-9-14-35(37)12-1)43-18-3-6-23-49(43)54(41-29-26-36(27-30-41)44-21-11-22-48-45-19-4-7-24-50(45)55-53(44)48)42-17-10-15-38(33-42)39-28-31-47-46-20-5-8-25-51(46)56-52(47)34-39/h1-8,11-13,15,18-34H,10,16-17H2. The number of furan rings is 1. The molecule has 3 heteroatoms. The molecule has 0 saturated heterocycles. The molecule has 0 spiro atoms. The van der Waals surface area contributed by atoms with Crippen molar-refractivity contribution in [3.05, 3.63) is 198 Å². The van der Waals surface area contributed by atoms with Gasteiger partial charge in [-0.05, 0) is 95.3 Å². The summed E-state index contributed by atoms with van der Waals surface area (Å²) in [5.74, 6) is 6.89. The Hall–Kier alpha value is -6.86. The number of thiophene rings is 1. The van der Waals surface area contributed by atoms with Crippen LogP contribution in [-0.2, 0) is 0 Å². The first-order chi connectivity index (χ1) is 27.7. The molecule has 2 aliphatic rings. The maximum absolute atomic E-state index is 6.45. The molecule has 0 aliphatic heterocycles. The van der Waals surface area contributed by atoms with Crippen molar-refractivity contribution in [3.63, 3.8) is 0 Å². The van der Waals surface area contributed by atoms with Crippen molar-refractivity contribution >= 4 is 82.0 Å². The molecule has 2 heterocycles. The lowest BCUT2D eigenvalue weighted by Gasteiger charge is -2.32. The normalized spacial score (nSPS) is 13.8. The Morgan fingerprint density at radius 1 is 0.589 bits per heavy atom. The third-order valence-electron chi connectivity index (χ3n) is 11.2. The average molecular weight is 734 g/mol. The van der Waals surface area contributed by atoms with Crippen molar-refractivity contribution in [2.75, 3.05) is 4.90 Å². The van der Waals surface area contributed by atoms with E-state index in [1.807, 2.05) is 23.5 Å². The van der Waals surface area contributed by atoms with E-state index in [0.29, 0.717) is 6.42 Å². The van der Waals surface area contributed by atoms with Crippen LogP contribution in [0.5, 0.6) is 0 Å². The number of hydrogen-bond acceptors (Lipinski definition) is 3. The zero-order chi connectivity index (χ0) is 37.0. The summed E-state index contributed by atoms with van der Waals surface area (Å²) < 4.78 is 9.11. The summed E-state index contributed by atoms with van der Waals surface area (Å²) in [7, 11) is 0. The molecule has 0 unspecified atom stereocenters. The Labute approximate surface area is 330 Å². The van der Waals surface area contributed by atoms with Crippen LogP contribution in [0, 0.1) is 11.8 Å². The van der Waals surface area contributed by atoms with E-state index < -0.39 is 0 Å². The molecule has 9 aromatic rings. The molecule has 56 heavy (non-hydrogen) atoms. The van der Waals surface area contributed by atoms with Gasteiger partial charge in [0.25, 0.3) is 0 Å². The van der Waals surface area contributed by atoms with Gasteiger partial charge < -0.3 is 9.32 Å². The number of fused-ring (bicyclic) bond motifs is 7. The summed E-state index contributed by atoms with van der Waals surface area (Å²) in [5.41, 5.74) is 14.7. The molecule has 0 bridgehead atoms. The SMILES string of the molecule is C1#Cc2ccccc2C=C(c2ccccc2N(C2=CC(c3ccc4c(c3)sc3ccccc34)=CCC2)c2ccc(-c3cccc4c3oc3ccccc34)cc2)C1. The van der Waals surface area contributed by atoms with Gasteiger partial charge in [-0.25, -0.2) is 0 Å². The van der Waals surface area contributed by atoms with E-state index in [1.54, 1.807) is 0 Å². The van der Waals surface area contributed by atoms with Crippen LogP contribution >= 0.6 is 11.3 Å². The summed E-state index contributed by atoms with van der Waals surface area (Å²) in [4.78, 5) is 2.48. The van der Waals surface area contributed by atoms with Gasteiger partial charge in [-0.2, -0.15) is 0 Å². The number of para-hydroxylation sites is 3. The molecule has 7 aromatic carbocycles. The minimum Gasteiger partial charge on any atom is -0.455 e. The van der Waals surface area contributed by atoms with Crippen molar-refractivity contribution < 1.29 is 4.42 Å². The lowest BCUT2D eigenvalue weighted by Crippen LogP contribution is -2.19. The maximum Gasteiger partial charge on any atom is 0.143 e. The fourth-order valence-electron chi connectivity index (χ4n) is 8.52. The van der Waals surface area contributed by atoms with Crippen LogP contribution in [0.1, 0.15) is 41.5 Å². The quantitative estimate of drug-likeness (QED) is 0.158. The van der Waals surface area contributed by atoms with E-state index in [4.69, 9.17) is 4.42 Å². The van der Waals surface area contributed by atoms with Crippen LogP contribution in [0.25, 0.3) is 70.5 Å². The Morgan fingerprint density at radius 3 is 2.29 bits per heavy atom. The predicted octanol–water partition coefficient (Wildman–Crippen LogP) is 14.8. The maximum atomic E-state index is 6.45. The first kappa shape index (κ1) is 32.6. The fourth-order valence-corrected chi connectivity index (χ4v) is 9.66. The van der Waals surface area contributed by atoms with Gasteiger partial charge in [0.15, 0.2) is 0 Å². The van der Waals surface area contributed by atoms with Gasteiger partial charge in [0.1, 0.15) is 11.2 Å². The summed E-state index contributed by atoms with van der Waals surface area (Å²) in [6.07, 6.45) is 9.69. The van der Waals surface area contributed by atoms with Gasteiger partial charge in [0.05, 0.1) is 5.69 Å². The van der Waals surface area contributed by atoms with Crippen LogP contribution in [0.4, 0.5) is 11.4 Å². The molecule has 0 fully saturated rings. The molecular formula is C53H35NOS. The second-order valence-corrected chi connectivity index (χ2v) is 15.6. The lowest BCUT2D eigenvalue weighted by molar-refractivity contribution is 0.670. The molecular weight excluding hydrogens is 699 g/mol. The molecule has 2 aliphatic carbocycles. The summed E-state index contributed by atoms with van der Waals surface area (Å²) in [5, 5.41) is 4.93. The lowest BCUT2D eigenvalue weighted by atomic mass is 9.94. The van der Waals surface area contributed by atoms with E-state index in [0.717, 1.165) is 68.4 Å². The number of allylic oxidation sites excluding steroid dienone is 5. The first-order valence-electron chi connectivity index (χ1n) is 19.3. The molecule has 0 amide bonds. The number of rotatable bonds is 6. The first-order valence-corrected chi connectivity index (χ1v) is 20.1. The van der Waals surface area contributed by atoms with Crippen LogP contribution in [0.3, 0.4) is 0 Å². The highest BCUT2D eigenvalue weighted by Crippen LogP contribution is 2.43. The molecule has 0 radical (unpaired) electrons. The van der Waals surface area contributed by atoms with Crippen LogP contribution in [0.15, 0.2) is 180 Å². The molecule has 264 valence electrons. The van der Waals surface area contributed by atoms with Gasteiger partial charge in [-0.1, -0.05) is 133 Å². The van der Waals surface area contributed by atoms with Gasteiger partial charge in [0, 0.05) is 65.4 Å². The van der Waals surface area contributed by atoms with Crippen LogP contribution in [-0.4, -0.2) is 0 Å². The van der Waals surface area contributed by atoms with E-state index in [-0.39, 0.29) is 0 Å². The Balaban J connectivity index is 1.05. The Kier molecular flexibility index (Phi) is 7.83. The third kappa shape index (κ3) is 5.58. The van der Waals surface area contributed by atoms with Crippen molar-refractivity contribution in [3.8, 4) is 23.0 Å². The van der Waals surface area contributed by atoms with Crippen molar-refractivity contribution in [2.24, 2.45) is 0 Å². The third-order valence-corrected chi connectivity index (χ3v) is 12.3. The zero-order valence-corrected chi connectivity index (χ0v) is 31.4. The highest BCUT2D eigenvalue weighted by atomic mass is 32.1. The van der Waals surface area contributed by atoms with E-state index in [9.17, 15) is 0 Å². The summed E-state index contributed by atoms with van der Waals surface area (Å²) >= 11 is 1.87. The van der Waals surface area contributed by atoms with Gasteiger partial charge in [0.2, 0.25) is 0 Å². The molecule has 0 atom stereocenters. The van der Waals surface area contributed by atoms with Crippen LogP contribution < -0.4 is 4.90 Å². The average Bonchev–Trinajstić information content (AvgIpc) is 3.75. The van der Waals surface area contributed by atoms with Crippen molar-refractivity contribution in [1.82, 2.24) is 0 Å². The van der Waals surface area contributed by atoms with Crippen LogP contribution in [0.2, 0.25) is 0 Å². The van der Waals surface area contributed by atoms with Gasteiger partial charge in [-0.15, -0.1) is 11.3 Å². The Bertz CT molecular complexity index is 3180. The number of hydrogen-bond donors (Lipinski definition) is 0.